The van der Waals surface area contributed by atoms with Gasteiger partial charge in [0.1, 0.15) is 5.76 Å². The third-order valence-corrected chi connectivity index (χ3v) is 3.39. The molecule has 0 radical (unpaired) electrons. The summed E-state index contributed by atoms with van der Waals surface area (Å²) in [6.45, 7) is 6.67. The van der Waals surface area contributed by atoms with Gasteiger partial charge in [-0.05, 0) is 44.5 Å². The van der Waals surface area contributed by atoms with Crippen molar-refractivity contribution >= 4 is 0 Å². The van der Waals surface area contributed by atoms with Gasteiger partial charge >= 0.3 is 0 Å². The Labute approximate surface area is 104 Å². The summed E-state index contributed by atoms with van der Waals surface area (Å²) in [5.41, 5.74) is 0. The highest BCUT2D eigenvalue weighted by Gasteiger charge is 2.16. The summed E-state index contributed by atoms with van der Waals surface area (Å²) in [6, 6.07) is 4.71. The van der Waals surface area contributed by atoms with Gasteiger partial charge in [-0.2, -0.15) is 0 Å². The summed E-state index contributed by atoms with van der Waals surface area (Å²) in [6.07, 6.45) is 6.99. The quantitative estimate of drug-likeness (QED) is 0.823. The standard InChI is InChI=1S/C14H24N2O/c1-2-9-16(12-14-7-5-10-17-14)11-13-6-3-4-8-15-13/h5,7,10,13,15H,2-4,6,8-9,11-12H2,1H3/t13-/m0/s1. The number of hydrogen-bond donors (Lipinski definition) is 1. The van der Waals surface area contributed by atoms with E-state index < -0.39 is 0 Å². The first-order valence-corrected chi connectivity index (χ1v) is 6.86. The molecule has 3 heteroatoms. The summed E-state index contributed by atoms with van der Waals surface area (Å²) < 4.78 is 5.44. The second kappa shape index (κ2) is 6.82. The predicted molar refractivity (Wildman–Crippen MR) is 69.9 cm³/mol. The predicted octanol–water partition coefficient (Wildman–Crippen LogP) is 2.63. The highest BCUT2D eigenvalue weighted by atomic mass is 16.3. The lowest BCUT2D eigenvalue weighted by Crippen LogP contribution is -2.43. The van der Waals surface area contributed by atoms with Crippen LogP contribution in [0.4, 0.5) is 0 Å². The van der Waals surface area contributed by atoms with Crippen LogP contribution >= 0.6 is 0 Å². The minimum absolute atomic E-state index is 0.672. The molecule has 0 aromatic carbocycles. The molecule has 1 fully saturated rings. The summed E-state index contributed by atoms with van der Waals surface area (Å²) >= 11 is 0. The molecule has 1 aliphatic rings. The molecule has 1 aliphatic heterocycles. The molecule has 96 valence electrons. The lowest BCUT2D eigenvalue weighted by molar-refractivity contribution is 0.203. The Balaban J connectivity index is 1.83. The third-order valence-electron chi connectivity index (χ3n) is 3.39. The lowest BCUT2D eigenvalue weighted by Gasteiger charge is -2.29. The molecule has 1 aromatic rings. The van der Waals surface area contributed by atoms with Crippen molar-refractivity contribution in [2.45, 2.75) is 45.2 Å². The van der Waals surface area contributed by atoms with E-state index in [2.05, 4.69) is 23.2 Å². The fourth-order valence-electron chi connectivity index (χ4n) is 2.57. The van der Waals surface area contributed by atoms with Crippen LogP contribution in [0.5, 0.6) is 0 Å². The number of nitrogens with zero attached hydrogens (tertiary/aromatic N) is 1. The van der Waals surface area contributed by atoms with Crippen molar-refractivity contribution in [1.82, 2.24) is 10.2 Å². The summed E-state index contributed by atoms with van der Waals surface area (Å²) in [4.78, 5) is 2.50. The van der Waals surface area contributed by atoms with E-state index in [0.717, 1.165) is 25.4 Å². The Morgan fingerprint density at radius 3 is 3.06 bits per heavy atom. The second-order valence-electron chi connectivity index (χ2n) is 4.96. The molecule has 0 unspecified atom stereocenters. The van der Waals surface area contributed by atoms with Crippen molar-refractivity contribution in [2.75, 3.05) is 19.6 Å². The van der Waals surface area contributed by atoms with Gasteiger partial charge in [0.2, 0.25) is 0 Å². The van der Waals surface area contributed by atoms with Gasteiger partial charge in [0.15, 0.2) is 0 Å². The summed E-state index contributed by atoms with van der Waals surface area (Å²) in [5, 5.41) is 3.62. The number of piperidine rings is 1. The van der Waals surface area contributed by atoms with Crippen molar-refractivity contribution in [2.24, 2.45) is 0 Å². The van der Waals surface area contributed by atoms with Crippen LogP contribution in [0.3, 0.4) is 0 Å². The maximum absolute atomic E-state index is 5.44. The summed E-state index contributed by atoms with van der Waals surface area (Å²) in [5.74, 6) is 1.08. The minimum atomic E-state index is 0.672. The Morgan fingerprint density at radius 2 is 2.41 bits per heavy atom. The van der Waals surface area contributed by atoms with Gasteiger partial charge in [0.25, 0.3) is 0 Å². The Hall–Kier alpha value is -0.800. The number of hydrogen-bond acceptors (Lipinski definition) is 3. The minimum Gasteiger partial charge on any atom is -0.468 e. The normalized spacial score (nSPS) is 20.9. The SMILES string of the molecule is CCCN(Cc1ccco1)C[C@@H]1CCCCN1. The van der Waals surface area contributed by atoms with Crippen molar-refractivity contribution in [1.29, 1.82) is 0 Å². The molecule has 1 saturated heterocycles. The van der Waals surface area contributed by atoms with E-state index in [1.165, 1.54) is 32.2 Å². The van der Waals surface area contributed by atoms with Gasteiger partial charge in [0.05, 0.1) is 12.8 Å². The van der Waals surface area contributed by atoms with Crippen LogP contribution in [0.25, 0.3) is 0 Å². The largest absolute Gasteiger partial charge is 0.468 e. The lowest BCUT2D eigenvalue weighted by atomic mass is 10.0. The van der Waals surface area contributed by atoms with Crippen LogP contribution in [0, 0.1) is 0 Å². The monoisotopic (exact) mass is 236 g/mol. The third kappa shape index (κ3) is 4.17. The van der Waals surface area contributed by atoms with Gasteiger partial charge in [0, 0.05) is 12.6 Å². The van der Waals surface area contributed by atoms with E-state index in [-0.39, 0.29) is 0 Å². The van der Waals surface area contributed by atoms with E-state index in [0.29, 0.717) is 6.04 Å². The topological polar surface area (TPSA) is 28.4 Å². The highest BCUT2D eigenvalue weighted by molar-refractivity contribution is 4.98. The first-order valence-electron chi connectivity index (χ1n) is 6.86. The zero-order chi connectivity index (χ0) is 11.9. The molecule has 0 bridgehead atoms. The van der Waals surface area contributed by atoms with Crippen LogP contribution in [0.2, 0.25) is 0 Å². The maximum atomic E-state index is 5.44. The van der Waals surface area contributed by atoms with Gasteiger partial charge in [-0.15, -0.1) is 0 Å². The molecule has 17 heavy (non-hydrogen) atoms. The molecule has 3 nitrogen and oxygen atoms in total. The first-order chi connectivity index (χ1) is 8.38. The fraction of sp³-hybridized carbons (Fsp3) is 0.714. The molecule has 2 rings (SSSR count). The van der Waals surface area contributed by atoms with Crippen molar-refractivity contribution in [3.8, 4) is 0 Å². The Morgan fingerprint density at radius 1 is 1.47 bits per heavy atom. The van der Waals surface area contributed by atoms with Gasteiger partial charge in [-0.25, -0.2) is 0 Å². The average Bonchev–Trinajstić information content (AvgIpc) is 2.83. The van der Waals surface area contributed by atoms with E-state index >= 15 is 0 Å². The highest BCUT2D eigenvalue weighted by Crippen LogP contribution is 2.11. The number of furan rings is 1. The Bertz CT molecular complexity index is 291. The van der Waals surface area contributed by atoms with Crippen LogP contribution in [-0.4, -0.2) is 30.6 Å². The van der Waals surface area contributed by atoms with Crippen molar-refractivity contribution in [3.05, 3.63) is 24.2 Å². The fourth-order valence-corrected chi connectivity index (χ4v) is 2.57. The molecule has 0 amide bonds. The molecule has 2 heterocycles. The van der Waals surface area contributed by atoms with Gasteiger partial charge < -0.3 is 9.73 Å². The Kier molecular flexibility index (Phi) is 5.08. The van der Waals surface area contributed by atoms with E-state index in [1.54, 1.807) is 6.26 Å². The van der Waals surface area contributed by atoms with Crippen LogP contribution in [0.15, 0.2) is 22.8 Å². The summed E-state index contributed by atoms with van der Waals surface area (Å²) in [7, 11) is 0. The van der Waals surface area contributed by atoms with Gasteiger partial charge in [-0.1, -0.05) is 13.3 Å². The maximum Gasteiger partial charge on any atom is 0.117 e. The molecular formula is C14H24N2O. The molecule has 0 spiro atoms. The zero-order valence-electron chi connectivity index (χ0n) is 10.8. The van der Waals surface area contributed by atoms with Crippen LogP contribution < -0.4 is 5.32 Å². The number of nitrogens with one attached hydrogen (secondary N) is 1. The van der Waals surface area contributed by atoms with E-state index in [4.69, 9.17) is 4.42 Å². The molecule has 1 N–H and O–H groups in total. The molecule has 0 aliphatic carbocycles. The number of rotatable bonds is 6. The second-order valence-corrected chi connectivity index (χ2v) is 4.96. The first kappa shape index (κ1) is 12.7. The molecule has 1 aromatic heterocycles. The van der Waals surface area contributed by atoms with Crippen molar-refractivity contribution in [3.63, 3.8) is 0 Å². The van der Waals surface area contributed by atoms with E-state index in [9.17, 15) is 0 Å². The molecule has 0 saturated carbocycles. The smallest absolute Gasteiger partial charge is 0.117 e. The van der Waals surface area contributed by atoms with Crippen molar-refractivity contribution < 1.29 is 4.42 Å². The van der Waals surface area contributed by atoms with E-state index in [1.807, 2.05) is 6.07 Å². The van der Waals surface area contributed by atoms with Gasteiger partial charge in [-0.3, -0.25) is 4.90 Å². The molecular weight excluding hydrogens is 212 g/mol. The van der Waals surface area contributed by atoms with Crippen LogP contribution in [0.1, 0.15) is 38.4 Å². The zero-order valence-corrected chi connectivity index (χ0v) is 10.8. The van der Waals surface area contributed by atoms with Crippen LogP contribution in [-0.2, 0) is 6.54 Å². The molecule has 1 atom stereocenters. The average molecular weight is 236 g/mol.